The minimum Gasteiger partial charge on any atom is -0.463 e. The second-order valence-corrected chi connectivity index (χ2v) is 7.15. The van der Waals surface area contributed by atoms with E-state index in [-0.39, 0.29) is 5.97 Å². The number of carbonyl (C=O) groups excluding carboxylic acids is 1. The molecule has 0 bridgehead atoms. The van der Waals surface area contributed by atoms with E-state index >= 15 is 0 Å². The fourth-order valence-electron chi connectivity index (χ4n) is 2.83. The Kier molecular flexibility index (Phi) is 17.0. The van der Waals surface area contributed by atoms with Gasteiger partial charge in [0.1, 0.15) is 0 Å². The van der Waals surface area contributed by atoms with Crippen molar-refractivity contribution in [1.82, 2.24) is 0 Å². The van der Waals surface area contributed by atoms with E-state index in [0.717, 1.165) is 12.3 Å². The van der Waals surface area contributed by atoms with Gasteiger partial charge in [-0.2, -0.15) is 0 Å². The van der Waals surface area contributed by atoms with Crippen LogP contribution >= 0.6 is 0 Å². The van der Waals surface area contributed by atoms with Gasteiger partial charge in [-0.3, -0.25) is 0 Å². The molecule has 136 valence electrons. The van der Waals surface area contributed by atoms with Gasteiger partial charge in [0.05, 0.1) is 6.61 Å². The summed E-state index contributed by atoms with van der Waals surface area (Å²) >= 11 is 0. The number of carbonyl (C=O) groups is 1. The van der Waals surface area contributed by atoms with Gasteiger partial charge in [-0.1, -0.05) is 104 Å². The van der Waals surface area contributed by atoms with Crippen molar-refractivity contribution >= 4 is 5.97 Å². The van der Waals surface area contributed by atoms with Crippen LogP contribution in [0.5, 0.6) is 0 Å². The maximum atomic E-state index is 10.8. The molecule has 23 heavy (non-hydrogen) atoms. The third-order valence-electron chi connectivity index (χ3n) is 4.34. The van der Waals surface area contributed by atoms with Crippen molar-refractivity contribution in [3.8, 4) is 0 Å². The minimum absolute atomic E-state index is 0.301. The Bertz CT molecular complexity index is 271. The van der Waals surface area contributed by atoms with Gasteiger partial charge >= 0.3 is 5.97 Å². The average Bonchev–Trinajstić information content (AvgIpc) is 2.53. The van der Waals surface area contributed by atoms with Crippen LogP contribution in [-0.4, -0.2) is 12.6 Å². The van der Waals surface area contributed by atoms with Gasteiger partial charge in [0.15, 0.2) is 0 Å². The summed E-state index contributed by atoms with van der Waals surface area (Å²) in [6, 6.07) is 0. The topological polar surface area (TPSA) is 26.3 Å². The number of unbranched alkanes of at least 4 members (excludes halogenated alkanes) is 12. The lowest BCUT2D eigenvalue weighted by molar-refractivity contribution is -0.137. The second kappa shape index (κ2) is 17.6. The number of hydrogen-bond acceptors (Lipinski definition) is 2. The standard InChI is InChI=1S/C21H40O2/c1-4-21(22)23-19-17-15-13-11-9-7-5-6-8-10-12-14-16-18-20(2)3/h4,20H,1,5-19H2,2-3H3. The Morgan fingerprint density at radius 1 is 0.783 bits per heavy atom. The molecule has 0 N–H and O–H groups in total. The van der Waals surface area contributed by atoms with Gasteiger partial charge < -0.3 is 4.74 Å². The van der Waals surface area contributed by atoms with Crippen molar-refractivity contribution in [2.24, 2.45) is 5.92 Å². The van der Waals surface area contributed by atoms with Gasteiger partial charge in [0.25, 0.3) is 0 Å². The molecule has 0 saturated heterocycles. The molecule has 0 aromatic carbocycles. The van der Waals surface area contributed by atoms with E-state index in [1.165, 1.54) is 89.5 Å². The molecule has 0 aromatic heterocycles. The van der Waals surface area contributed by atoms with E-state index in [1.807, 2.05) is 0 Å². The molecule has 0 rings (SSSR count). The summed E-state index contributed by atoms with van der Waals surface area (Å²) in [6.07, 6.45) is 20.1. The van der Waals surface area contributed by atoms with Crippen molar-refractivity contribution in [2.45, 2.75) is 104 Å². The van der Waals surface area contributed by atoms with E-state index in [4.69, 9.17) is 4.74 Å². The molecular formula is C21H40O2. The molecule has 0 atom stereocenters. The Labute approximate surface area is 145 Å². The first-order valence-electron chi connectivity index (χ1n) is 9.96. The Balaban J connectivity index is 3.02. The van der Waals surface area contributed by atoms with Crippen molar-refractivity contribution < 1.29 is 9.53 Å². The van der Waals surface area contributed by atoms with Gasteiger partial charge in [0, 0.05) is 6.08 Å². The highest BCUT2D eigenvalue weighted by molar-refractivity contribution is 5.81. The van der Waals surface area contributed by atoms with Gasteiger partial charge in [-0.15, -0.1) is 0 Å². The highest BCUT2D eigenvalue weighted by atomic mass is 16.5. The lowest BCUT2D eigenvalue weighted by Crippen LogP contribution is -2.01. The van der Waals surface area contributed by atoms with E-state index in [9.17, 15) is 4.79 Å². The van der Waals surface area contributed by atoms with Crippen molar-refractivity contribution in [1.29, 1.82) is 0 Å². The van der Waals surface area contributed by atoms with E-state index in [2.05, 4.69) is 20.4 Å². The fraction of sp³-hybridized carbons (Fsp3) is 0.857. The van der Waals surface area contributed by atoms with Crippen LogP contribution in [-0.2, 0) is 9.53 Å². The van der Waals surface area contributed by atoms with Gasteiger partial charge in [0.2, 0.25) is 0 Å². The molecule has 0 radical (unpaired) electrons. The molecular weight excluding hydrogens is 284 g/mol. The number of esters is 1. The summed E-state index contributed by atoms with van der Waals surface area (Å²) in [7, 11) is 0. The summed E-state index contributed by atoms with van der Waals surface area (Å²) in [5.41, 5.74) is 0. The first-order chi connectivity index (χ1) is 11.2. The van der Waals surface area contributed by atoms with Crippen molar-refractivity contribution in [2.75, 3.05) is 6.61 Å². The molecule has 0 aliphatic heterocycles. The van der Waals surface area contributed by atoms with E-state index in [1.54, 1.807) is 0 Å². The summed E-state index contributed by atoms with van der Waals surface area (Å²) in [4.78, 5) is 10.8. The van der Waals surface area contributed by atoms with Crippen LogP contribution in [0.2, 0.25) is 0 Å². The molecule has 0 aliphatic rings. The predicted octanol–water partition coefficient (Wildman–Crippen LogP) is 6.83. The molecule has 0 aromatic rings. The molecule has 0 amide bonds. The summed E-state index contributed by atoms with van der Waals surface area (Å²) in [5.74, 6) is 0.571. The Hall–Kier alpha value is -0.790. The normalized spacial score (nSPS) is 10.9. The number of ether oxygens (including phenoxy) is 1. The van der Waals surface area contributed by atoms with Crippen LogP contribution in [0, 0.1) is 5.92 Å². The average molecular weight is 325 g/mol. The third kappa shape index (κ3) is 19.2. The molecule has 0 fully saturated rings. The quantitative estimate of drug-likeness (QED) is 0.166. The summed E-state index contributed by atoms with van der Waals surface area (Å²) in [6.45, 7) is 8.56. The molecule has 0 heterocycles. The second-order valence-electron chi connectivity index (χ2n) is 7.15. The lowest BCUT2D eigenvalue weighted by atomic mass is 10.0. The zero-order valence-corrected chi connectivity index (χ0v) is 15.8. The van der Waals surface area contributed by atoms with E-state index in [0.29, 0.717) is 6.61 Å². The first kappa shape index (κ1) is 22.2. The SMILES string of the molecule is C=CC(=O)OCCCCCCCCCCCCCCCC(C)C. The van der Waals surface area contributed by atoms with E-state index < -0.39 is 0 Å². The minimum atomic E-state index is -0.301. The van der Waals surface area contributed by atoms with Crippen LogP contribution in [0.4, 0.5) is 0 Å². The van der Waals surface area contributed by atoms with Gasteiger partial charge in [-0.25, -0.2) is 4.79 Å². The first-order valence-corrected chi connectivity index (χ1v) is 9.96. The van der Waals surface area contributed by atoms with Crippen LogP contribution in [0.1, 0.15) is 104 Å². The highest BCUT2D eigenvalue weighted by Gasteiger charge is 1.97. The highest BCUT2D eigenvalue weighted by Crippen LogP contribution is 2.14. The molecule has 0 unspecified atom stereocenters. The monoisotopic (exact) mass is 324 g/mol. The molecule has 2 nitrogen and oxygen atoms in total. The third-order valence-corrected chi connectivity index (χ3v) is 4.34. The van der Waals surface area contributed by atoms with Crippen LogP contribution < -0.4 is 0 Å². The maximum Gasteiger partial charge on any atom is 0.330 e. The molecule has 0 saturated carbocycles. The lowest BCUT2D eigenvalue weighted by Gasteiger charge is -2.05. The van der Waals surface area contributed by atoms with Gasteiger partial charge in [-0.05, 0) is 12.3 Å². The molecule has 2 heteroatoms. The summed E-state index contributed by atoms with van der Waals surface area (Å²) in [5, 5.41) is 0. The fourth-order valence-corrected chi connectivity index (χ4v) is 2.83. The predicted molar refractivity (Wildman–Crippen MR) is 101 cm³/mol. The molecule has 0 aliphatic carbocycles. The Morgan fingerprint density at radius 3 is 1.57 bits per heavy atom. The van der Waals surface area contributed by atoms with Crippen LogP contribution in [0.15, 0.2) is 12.7 Å². The largest absolute Gasteiger partial charge is 0.463 e. The maximum absolute atomic E-state index is 10.8. The number of rotatable bonds is 17. The van der Waals surface area contributed by atoms with Crippen LogP contribution in [0.3, 0.4) is 0 Å². The summed E-state index contributed by atoms with van der Waals surface area (Å²) < 4.78 is 4.95. The van der Waals surface area contributed by atoms with Crippen molar-refractivity contribution in [3.63, 3.8) is 0 Å². The zero-order chi connectivity index (χ0) is 17.2. The molecule has 0 spiro atoms. The number of hydrogen-bond donors (Lipinski definition) is 0. The van der Waals surface area contributed by atoms with Crippen LogP contribution in [0.25, 0.3) is 0 Å². The van der Waals surface area contributed by atoms with Crippen molar-refractivity contribution in [3.05, 3.63) is 12.7 Å². The zero-order valence-electron chi connectivity index (χ0n) is 15.8. The Morgan fingerprint density at radius 2 is 1.17 bits per heavy atom. The smallest absolute Gasteiger partial charge is 0.330 e.